The summed E-state index contributed by atoms with van der Waals surface area (Å²) in [6.45, 7) is 2.96. The molecule has 0 radical (unpaired) electrons. The van der Waals surface area contributed by atoms with E-state index in [2.05, 4.69) is 45.3 Å². The summed E-state index contributed by atoms with van der Waals surface area (Å²) in [5.74, 6) is 0. The highest BCUT2D eigenvalue weighted by Crippen LogP contribution is 2.17. The maximum Gasteiger partial charge on any atom is 0.0570 e. The first-order valence-electron chi connectivity index (χ1n) is 5.65. The van der Waals surface area contributed by atoms with Gasteiger partial charge in [0.1, 0.15) is 0 Å². The Morgan fingerprint density at radius 2 is 1.94 bits per heavy atom. The normalized spacial score (nSPS) is 12.4. The van der Waals surface area contributed by atoms with Crippen LogP contribution in [0.1, 0.15) is 24.2 Å². The fraction of sp³-hybridized carbons (Fsp3) is 0.214. The van der Waals surface area contributed by atoms with Gasteiger partial charge in [-0.25, -0.2) is 0 Å². The van der Waals surface area contributed by atoms with E-state index in [1.807, 2.05) is 36.5 Å². The van der Waals surface area contributed by atoms with Crippen molar-refractivity contribution in [3.05, 3.63) is 64.4 Å². The molecule has 0 saturated heterocycles. The second-order valence-electron chi connectivity index (χ2n) is 3.95. The summed E-state index contributed by atoms with van der Waals surface area (Å²) in [4.78, 5) is 4.34. The van der Waals surface area contributed by atoms with E-state index < -0.39 is 0 Å². The molecule has 0 aliphatic carbocycles. The fourth-order valence-electron chi connectivity index (χ4n) is 1.64. The van der Waals surface area contributed by atoms with Gasteiger partial charge in [0.15, 0.2) is 0 Å². The Labute approximate surface area is 110 Å². The lowest BCUT2D eigenvalue weighted by Gasteiger charge is -2.13. The van der Waals surface area contributed by atoms with Gasteiger partial charge in [0.2, 0.25) is 0 Å². The third kappa shape index (κ3) is 3.38. The van der Waals surface area contributed by atoms with Crippen LogP contribution >= 0.6 is 15.9 Å². The van der Waals surface area contributed by atoms with Gasteiger partial charge in [0.25, 0.3) is 0 Å². The number of rotatable bonds is 4. The van der Waals surface area contributed by atoms with Crippen molar-refractivity contribution in [1.29, 1.82) is 0 Å². The maximum atomic E-state index is 4.34. The minimum atomic E-state index is 0.253. The maximum absolute atomic E-state index is 4.34. The van der Waals surface area contributed by atoms with Crippen molar-refractivity contribution < 1.29 is 0 Å². The molecule has 1 aromatic heterocycles. The molecule has 0 amide bonds. The highest BCUT2D eigenvalue weighted by Gasteiger charge is 2.06. The number of nitrogens with one attached hydrogen (secondary N) is 1. The van der Waals surface area contributed by atoms with Crippen LogP contribution in [0.4, 0.5) is 0 Å². The van der Waals surface area contributed by atoms with Gasteiger partial charge in [0.05, 0.1) is 5.69 Å². The number of hydrogen-bond acceptors (Lipinski definition) is 2. The molecule has 17 heavy (non-hydrogen) atoms. The van der Waals surface area contributed by atoms with Gasteiger partial charge in [-0.1, -0.05) is 40.2 Å². The SMILES string of the molecule is C[C@@H](NCc1ccccc1Br)c1ccccn1. The van der Waals surface area contributed by atoms with Gasteiger partial charge in [-0.05, 0) is 30.7 Å². The number of halogens is 1. The van der Waals surface area contributed by atoms with Crippen molar-refractivity contribution in [3.8, 4) is 0 Å². The summed E-state index contributed by atoms with van der Waals surface area (Å²) in [5.41, 5.74) is 2.33. The Hall–Kier alpha value is -1.19. The van der Waals surface area contributed by atoms with E-state index in [0.29, 0.717) is 0 Å². The van der Waals surface area contributed by atoms with Gasteiger partial charge < -0.3 is 5.32 Å². The van der Waals surface area contributed by atoms with E-state index >= 15 is 0 Å². The van der Waals surface area contributed by atoms with Crippen LogP contribution in [0.3, 0.4) is 0 Å². The van der Waals surface area contributed by atoms with Crippen molar-refractivity contribution >= 4 is 15.9 Å². The van der Waals surface area contributed by atoms with Crippen molar-refractivity contribution in [2.45, 2.75) is 19.5 Å². The predicted molar refractivity (Wildman–Crippen MR) is 73.6 cm³/mol. The molecule has 2 aromatic rings. The molecule has 88 valence electrons. The predicted octanol–water partition coefficient (Wildman–Crippen LogP) is 3.69. The Morgan fingerprint density at radius 3 is 2.65 bits per heavy atom. The second-order valence-corrected chi connectivity index (χ2v) is 4.80. The standard InChI is InChI=1S/C14H15BrN2/c1-11(14-8-4-5-9-16-14)17-10-12-6-2-3-7-13(12)15/h2-9,11,17H,10H2,1H3/t11-/m1/s1. The second kappa shape index (κ2) is 5.94. The molecule has 1 N–H and O–H groups in total. The zero-order chi connectivity index (χ0) is 12.1. The molecule has 1 aromatic carbocycles. The molecule has 3 heteroatoms. The third-order valence-corrected chi connectivity index (χ3v) is 3.46. The van der Waals surface area contributed by atoms with Gasteiger partial charge in [0, 0.05) is 23.3 Å². The van der Waals surface area contributed by atoms with Crippen LogP contribution in [0.15, 0.2) is 53.1 Å². The van der Waals surface area contributed by atoms with Crippen molar-refractivity contribution in [1.82, 2.24) is 10.3 Å². The molecule has 2 rings (SSSR count). The summed E-state index contributed by atoms with van der Waals surface area (Å²) >= 11 is 3.55. The van der Waals surface area contributed by atoms with E-state index in [4.69, 9.17) is 0 Å². The Bertz CT molecular complexity index is 471. The van der Waals surface area contributed by atoms with Gasteiger partial charge >= 0.3 is 0 Å². The first-order chi connectivity index (χ1) is 8.27. The fourth-order valence-corrected chi connectivity index (χ4v) is 2.07. The monoisotopic (exact) mass is 290 g/mol. The van der Waals surface area contributed by atoms with Crippen LogP contribution in [-0.2, 0) is 6.54 Å². The molecule has 0 fully saturated rings. The zero-order valence-corrected chi connectivity index (χ0v) is 11.3. The Kier molecular flexibility index (Phi) is 4.29. The third-order valence-electron chi connectivity index (χ3n) is 2.69. The Morgan fingerprint density at radius 1 is 1.18 bits per heavy atom. The highest BCUT2D eigenvalue weighted by molar-refractivity contribution is 9.10. The van der Waals surface area contributed by atoms with Crippen molar-refractivity contribution in [2.75, 3.05) is 0 Å². The van der Waals surface area contributed by atoms with E-state index in [-0.39, 0.29) is 6.04 Å². The Balaban J connectivity index is 1.97. The van der Waals surface area contributed by atoms with E-state index in [1.165, 1.54) is 5.56 Å². The molecule has 1 heterocycles. The average Bonchev–Trinajstić information content (AvgIpc) is 2.38. The van der Waals surface area contributed by atoms with Gasteiger partial charge in [-0.15, -0.1) is 0 Å². The van der Waals surface area contributed by atoms with Crippen LogP contribution in [0.2, 0.25) is 0 Å². The van der Waals surface area contributed by atoms with Crippen molar-refractivity contribution in [2.24, 2.45) is 0 Å². The number of nitrogens with zero attached hydrogens (tertiary/aromatic N) is 1. The molecule has 0 unspecified atom stereocenters. The lowest BCUT2D eigenvalue weighted by molar-refractivity contribution is 0.560. The van der Waals surface area contributed by atoms with E-state index in [1.54, 1.807) is 0 Å². The quantitative estimate of drug-likeness (QED) is 0.929. The summed E-state index contributed by atoms with van der Waals surface area (Å²) in [5, 5.41) is 3.46. The zero-order valence-electron chi connectivity index (χ0n) is 9.73. The molecule has 0 saturated carbocycles. The topological polar surface area (TPSA) is 24.9 Å². The first kappa shape index (κ1) is 12.3. The number of pyridine rings is 1. The van der Waals surface area contributed by atoms with E-state index in [0.717, 1.165) is 16.7 Å². The number of benzene rings is 1. The number of hydrogen-bond donors (Lipinski definition) is 1. The van der Waals surface area contributed by atoms with E-state index in [9.17, 15) is 0 Å². The van der Waals surface area contributed by atoms with Crippen molar-refractivity contribution in [3.63, 3.8) is 0 Å². The lowest BCUT2D eigenvalue weighted by Crippen LogP contribution is -2.19. The minimum Gasteiger partial charge on any atom is -0.305 e. The molecule has 0 spiro atoms. The summed E-state index contributed by atoms with van der Waals surface area (Å²) in [7, 11) is 0. The van der Waals surface area contributed by atoms with Crippen LogP contribution < -0.4 is 5.32 Å². The molecule has 2 nitrogen and oxygen atoms in total. The van der Waals surface area contributed by atoms with Gasteiger partial charge in [-0.3, -0.25) is 4.98 Å². The van der Waals surface area contributed by atoms with Gasteiger partial charge in [-0.2, -0.15) is 0 Å². The van der Waals surface area contributed by atoms with Crippen LogP contribution in [0.25, 0.3) is 0 Å². The number of aromatic nitrogens is 1. The average molecular weight is 291 g/mol. The first-order valence-corrected chi connectivity index (χ1v) is 6.44. The molecular weight excluding hydrogens is 276 g/mol. The van der Waals surface area contributed by atoms with Crippen LogP contribution in [0, 0.1) is 0 Å². The molecule has 0 aliphatic heterocycles. The van der Waals surface area contributed by atoms with Crippen LogP contribution in [0.5, 0.6) is 0 Å². The smallest absolute Gasteiger partial charge is 0.0570 e. The minimum absolute atomic E-state index is 0.253. The highest BCUT2D eigenvalue weighted by atomic mass is 79.9. The van der Waals surface area contributed by atoms with Crippen LogP contribution in [-0.4, -0.2) is 4.98 Å². The molecule has 1 atom stereocenters. The molecular formula is C14H15BrN2. The molecule has 0 bridgehead atoms. The summed E-state index contributed by atoms with van der Waals surface area (Å²) in [6.07, 6.45) is 1.83. The molecule has 0 aliphatic rings. The summed E-state index contributed by atoms with van der Waals surface area (Å²) < 4.78 is 1.14. The lowest BCUT2D eigenvalue weighted by atomic mass is 10.2. The largest absolute Gasteiger partial charge is 0.305 e. The summed E-state index contributed by atoms with van der Waals surface area (Å²) in [6, 6.07) is 14.5.